The molecule has 0 spiro atoms. The molecule has 1 amide bonds. The summed E-state index contributed by atoms with van der Waals surface area (Å²) in [6.45, 7) is 0. The number of hydrogen-bond donors (Lipinski definition) is 0. The fourth-order valence-corrected chi connectivity index (χ4v) is 4.72. The van der Waals surface area contributed by atoms with E-state index in [1.165, 1.54) is 24.1 Å². The van der Waals surface area contributed by atoms with E-state index in [0.717, 1.165) is 0 Å². The van der Waals surface area contributed by atoms with Crippen LogP contribution < -0.4 is 9.64 Å². The summed E-state index contributed by atoms with van der Waals surface area (Å²) >= 11 is 11.9. The van der Waals surface area contributed by atoms with Crippen LogP contribution in [0.3, 0.4) is 0 Å². The van der Waals surface area contributed by atoms with Crippen molar-refractivity contribution in [2.24, 2.45) is 0 Å². The van der Waals surface area contributed by atoms with Crippen LogP contribution in [0, 0.1) is 0 Å². The van der Waals surface area contributed by atoms with Crippen molar-refractivity contribution in [2.75, 3.05) is 17.8 Å². The molecule has 3 rings (SSSR count). The molecule has 0 saturated carbocycles. The van der Waals surface area contributed by atoms with Crippen molar-refractivity contribution in [3.63, 3.8) is 0 Å². The SMILES string of the molecule is COc1ccc([C@@H]2N(c3ccc(Cl)c(Cl)c3)C(=O)CS2(=O)=O)cc1. The largest absolute Gasteiger partial charge is 0.497 e. The highest BCUT2D eigenvalue weighted by atomic mass is 35.5. The number of sulfone groups is 1. The van der Waals surface area contributed by atoms with Crippen LogP contribution in [-0.2, 0) is 14.6 Å². The summed E-state index contributed by atoms with van der Waals surface area (Å²) < 4.78 is 30.1. The van der Waals surface area contributed by atoms with E-state index >= 15 is 0 Å². The summed E-state index contributed by atoms with van der Waals surface area (Å²) in [6.07, 6.45) is 0. The van der Waals surface area contributed by atoms with E-state index in [9.17, 15) is 13.2 Å². The number of halogens is 2. The Balaban J connectivity index is 2.11. The van der Waals surface area contributed by atoms with E-state index in [0.29, 0.717) is 22.0 Å². The number of methoxy groups -OCH3 is 1. The third-order valence-corrected chi connectivity index (χ3v) is 6.30. The predicted octanol–water partition coefficient (Wildman–Crippen LogP) is 3.46. The average Bonchev–Trinajstić information content (AvgIpc) is 2.79. The second-order valence-electron chi connectivity index (χ2n) is 5.29. The Labute approximate surface area is 149 Å². The second-order valence-corrected chi connectivity index (χ2v) is 8.17. The Morgan fingerprint density at radius 1 is 1.08 bits per heavy atom. The molecule has 1 atom stereocenters. The van der Waals surface area contributed by atoms with Gasteiger partial charge in [0.25, 0.3) is 0 Å². The summed E-state index contributed by atoms with van der Waals surface area (Å²) in [6, 6.07) is 11.2. The molecule has 0 bridgehead atoms. The Hall–Kier alpha value is -1.76. The first kappa shape index (κ1) is 17.1. The van der Waals surface area contributed by atoms with Gasteiger partial charge in [0.1, 0.15) is 11.5 Å². The number of rotatable bonds is 3. The number of anilines is 1. The Bertz CT molecular complexity index is 897. The molecule has 0 aromatic heterocycles. The molecule has 5 nitrogen and oxygen atoms in total. The zero-order chi connectivity index (χ0) is 17.5. The van der Waals surface area contributed by atoms with E-state index in [-0.39, 0.29) is 5.02 Å². The minimum Gasteiger partial charge on any atom is -0.497 e. The van der Waals surface area contributed by atoms with Gasteiger partial charge in [-0.25, -0.2) is 8.42 Å². The normalized spacial score (nSPS) is 19.5. The van der Waals surface area contributed by atoms with Gasteiger partial charge < -0.3 is 4.74 Å². The van der Waals surface area contributed by atoms with Gasteiger partial charge in [0.15, 0.2) is 15.2 Å². The van der Waals surface area contributed by atoms with Gasteiger partial charge in [-0.2, -0.15) is 0 Å². The smallest absolute Gasteiger partial charge is 0.243 e. The summed E-state index contributed by atoms with van der Waals surface area (Å²) in [5.41, 5.74) is 0.865. The fourth-order valence-electron chi connectivity index (χ4n) is 2.65. The van der Waals surface area contributed by atoms with E-state index in [1.807, 2.05) is 0 Å². The molecule has 126 valence electrons. The highest BCUT2D eigenvalue weighted by molar-refractivity contribution is 7.93. The molecule has 0 N–H and O–H groups in total. The molecular weight excluding hydrogens is 373 g/mol. The Morgan fingerprint density at radius 2 is 1.75 bits per heavy atom. The van der Waals surface area contributed by atoms with Gasteiger partial charge in [-0.15, -0.1) is 0 Å². The van der Waals surface area contributed by atoms with Gasteiger partial charge >= 0.3 is 0 Å². The molecule has 0 aliphatic carbocycles. The van der Waals surface area contributed by atoms with Crippen LogP contribution in [-0.4, -0.2) is 27.2 Å². The van der Waals surface area contributed by atoms with E-state index in [4.69, 9.17) is 27.9 Å². The third-order valence-electron chi connectivity index (χ3n) is 3.75. The number of carbonyl (C=O) groups is 1. The molecule has 2 aromatic carbocycles. The number of benzene rings is 2. The first-order chi connectivity index (χ1) is 11.3. The van der Waals surface area contributed by atoms with Gasteiger partial charge in [0.05, 0.1) is 17.2 Å². The molecule has 1 fully saturated rings. The summed E-state index contributed by atoms with van der Waals surface area (Å²) in [5.74, 6) is -0.458. The van der Waals surface area contributed by atoms with E-state index in [2.05, 4.69) is 0 Å². The highest BCUT2D eigenvalue weighted by Crippen LogP contribution is 2.39. The van der Waals surface area contributed by atoms with E-state index < -0.39 is 26.9 Å². The third kappa shape index (κ3) is 2.97. The monoisotopic (exact) mass is 385 g/mol. The first-order valence-electron chi connectivity index (χ1n) is 6.96. The number of ether oxygens (including phenoxy) is 1. The van der Waals surface area contributed by atoms with Crippen molar-refractivity contribution in [1.29, 1.82) is 0 Å². The topological polar surface area (TPSA) is 63.7 Å². The maximum Gasteiger partial charge on any atom is 0.243 e. The van der Waals surface area contributed by atoms with E-state index in [1.54, 1.807) is 30.3 Å². The van der Waals surface area contributed by atoms with Crippen LogP contribution in [0.15, 0.2) is 42.5 Å². The van der Waals surface area contributed by atoms with Crippen LogP contribution in [0.1, 0.15) is 10.9 Å². The van der Waals surface area contributed by atoms with Gasteiger partial charge in [-0.05, 0) is 35.9 Å². The number of nitrogens with zero attached hydrogens (tertiary/aromatic N) is 1. The predicted molar refractivity (Wildman–Crippen MR) is 93.5 cm³/mol. The molecular formula is C16H13Cl2NO4S. The van der Waals surface area contributed by atoms with Crippen molar-refractivity contribution in [2.45, 2.75) is 5.37 Å². The minimum absolute atomic E-state index is 0.250. The molecule has 0 radical (unpaired) electrons. The van der Waals surface area contributed by atoms with Gasteiger partial charge in [0, 0.05) is 5.69 Å². The second kappa shape index (κ2) is 6.27. The van der Waals surface area contributed by atoms with Crippen LogP contribution >= 0.6 is 23.2 Å². The zero-order valence-corrected chi connectivity index (χ0v) is 14.9. The molecule has 1 heterocycles. The summed E-state index contributed by atoms with van der Waals surface area (Å²) in [5, 5.41) is -0.524. The lowest BCUT2D eigenvalue weighted by Gasteiger charge is -2.24. The molecule has 1 aliphatic rings. The lowest BCUT2D eigenvalue weighted by atomic mass is 10.2. The minimum atomic E-state index is -3.67. The first-order valence-corrected chi connectivity index (χ1v) is 9.43. The quantitative estimate of drug-likeness (QED) is 0.811. The Morgan fingerprint density at radius 3 is 2.33 bits per heavy atom. The van der Waals surface area contributed by atoms with Crippen molar-refractivity contribution < 1.29 is 17.9 Å². The maximum atomic E-state index is 12.5. The number of hydrogen-bond acceptors (Lipinski definition) is 4. The fraction of sp³-hybridized carbons (Fsp3) is 0.188. The van der Waals surface area contributed by atoms with Gasteiger partial charge in [0.2, 0.25) is 5.91 Å². The molecule has 0 unspecified atom stereocenters. The number of amides is 1. The molecule has 1 saturated heterocycles. The van der Waals surface area contributed by atoms with Gasteiger partial charge in [-0.3, -0.25) is 9.69 Å². The van der Waals surface area contributed by atoms with Crippen LogP contribution in [0.2, 0.25) is 10.0 Å². The van der Waals surface area contributed by atoms with Crippen molar-refractivity contribution >= 4 is 44.6 Å². The van der Waals surface area contributed by atoms with Crippen molar-refractivity contribution in [3.8, 4) is 5.75 Å². The highest BCUT2D eigenvalue weighted by Gasteiger charge is 2.45. The van der Waals surface area contributed by atoms with Crippen LogP contribution in [0.5, 0.6) is 5.75 Å². The van der Waals surface area contributed by atoms with Crippen molar-refractivity contribution in [1.82, 2.24) is 0 Å². The number of carbonyl (C=O) groups excluding carboxylic acids is 1. The Kier molecular flexibility index (Phi) is 4.46. The lowest BCUT2D eigenvalue weighted by Crippen LogP contribution is -2.29. The van der Waals surface area contributed by atoms with Gasteiger partial charge in [-0.1, -0.05) is 35.3 Å². The average molecular weight is 386 g/mol. The summed E-state index contributed by atoms with van der Waals surface area (Å²) in [7, 11) is -2.15. The molecule has 1 aliphatic heterocycles. The van der Waals surface area contributed by atoms with Crippen LogP contribution in [0.25, 0.3) is 0 Å². The standard InChI is InChI=1S/C16H13Cl2NO4S/c1-23-12-5-2-10(3-6-12)16-19(15(20)9-24(16,21)22)11-4-7-13(17)14(18)8-11/h2-8,16H,9H2,1H3/t16-/m1/s1. The molecule has 2 aromatic rings. The summed E-state index contributed by atoms with van der Waals surface area (Å²) in [4.78, 5) is 13.6. The zero-order valence-electron chi connectivity index (χ0n) is 12.6. The maximum absolute atomic E-state index is 12.5. The molecule has 8 heteroatoms. The molecule has 24 heavy (non-hydrogen) atoms. The lowest BCUT2D eigenvalue weighted by molar-refractivity contribution is -0.115. The van der Waals surface area contributed by atoms with Crippen LogP contribution in [0.4, 0.5) is 5.69 Å². The van der Waals surface area contributed by atoms with Crippen molar-refractivity contribution in [3.05, 3.63) is 58.1 Å².